The van der Waals surface area contributed by atoms with Gasteiger partial charge in [0.15, 0.2) is 0 Å². The van der Waals surface area contributed by atoms with Gasteiger partial charge in [-0.2, -0.15) is 0 Å². The van der Waals surface area contributed by atoms with Crippen LogP contribution in [0.4, 0.5) is 0 Å². The predicted octanol–water partition coefficient (Wildman–Crippen LogP) is 3.53. The highest BCUT2D eigenvalue weighted by atomic mass is 16.6. The summed E-state index contributed by atoms with van der Waals surface area (Å²) in [6.07, 6.45) is 1.27. The first-order valence-corrected chi connectivity index (χ1v) is 12.9. The summed E-state index contributed by atoms with van der Waals surface area (Å²) in [7, 11) is 3.24. The van der Waals surface area contributed by atoms with Crippen LogP contribution in [0.5, 0.6) is 0 Å². The van der Waals surface area contributed by atoms with E-state index in [1.54, 1.807) is 41.8 Å². The third-order valence-electron chi connectivity index (χ3n) is 5.71. The Morgan fingerprint density at radius 2 is 0.769 bits per heavy atom. The maximum absolute atomic E-state index is 12.4. The van der Waals surface area contributed by atoms with Crippen LogP contribution in [0.3, 0.4) is 0 Å². The third kappa shape index (κ3) is 18.5. The molecule has 0 radical (unpaired) electrons. The Balaban J connectivity index is 5.73. The predicted molar refractivity (Wildman–Crippen MR) is 148 cm³/mol. The fraction of sp³-hybridized carbons (Fsp3) is 0.704. The largest absolute Gasteiger partial charge is 0.465 e. The van der Waals surface area contributed by atoms with Crippen LogP contribution in [0.25, 0.3) is 0 Å². The Labute approximate surface area is 230 Å². The monoisotopic (exact) mass is 552 g/mol. The van der Waals surface area contributed by atoms with Crippen LogP contribution in [0.2, 0.25) is 0 Å². The maximum atomic E-state index is 12.4. The van der Waals surface area contributed by atoms with E-state index in [2.05, 4.69) is 9.98 Å². The first-order chi connectivity index (χ1) is 18.3. The fourth-order valence-electron chi connectivity index (χ4n) is 2.84. The van der Waals surface area contributed by atoms with Gasteiger partial charge in [0, 0.05) is 36.9 Å². The highest BCUT2D eigenvalue weighted by molar-refractivity contribution is 5.86. The molecule has 12 heteroatoms. The van der Waals surface area contributed by atoms with Crippen LogP contribution in [-0.4, -0.2) is 87.2 Å². The van der Waals surface area contributed by atoms with Crippen LogP contribution in [0.15, 0.2) is 9.98 Å². The topological polar surface area (TPSA) is 178 Å². The molecule has 0 rings (SSSR count). The van der Waals surface area contributed by atoms with Crippen molar-refractivity contribution in [2.24, 2.45) is 15.4 Å². The van der Waals surface area contributed by atoms with Crippen molar-refractivity contribution in [3.63, 3.8) is 0 Å². The van der Waals surface area contributed by atoms with Crippen LogP contribution in [0.1, 0.15) is 79.1 Å². The fourth-order valence-corrected chi connectivity index (χ4v) is 2.84. The van der Waals surface area contributed by atoms with E-state index >= 15 is 0 Å². The van der Waals surface area contributed by atoms with Gasteiger partial charge in [-0.1, -0.05) is 0 Å². The number of carbonyl (C=O) groups is 4. The first-order valence-electron chi connectivity index (χ1n) is 12.9. The van der Waals surface area contributed by atoms with Crippen LogP contribution >= 0.6 is 0 Å². The summed E-state index contributed by atoms with van der Waals surface area (Å²) in [5, 5.41) is 15.0. The first kappa shape index (κ1) is 35.6. The van der Waals surface area contributed by atoms with E-state index in [0.717, 1.165) is 11.4 Å². The Morgan fingerprint density at radius 1 is 0.513 bits per heavy atom. The van der Waals surface area contributed by atoms with Gasteiger partial charge in [0.2, 0.25) is 0 Å². The van der Waals surface area contributed by atoms with E-state index in [9.17, 15) is 19.2 Å². The molecule has 0 fully saturated rings. The Morgan fingerprint density at radius 3 is 1.00 bits per heavy atom. The maximum Gasteiger partial charge on any atom is 0.306 e. The number of nitrogens with zero attached hydrogens (tertiary/aromatic N) is 2. The van der Waals surface area contributed by atoms with Crippen molar-refractivity contribution in [3.8, 4) is 0 Å². The van der Waals surface area contributed by atoms with Crippen molar-refractivity contribution in [3.05, 3.63) is 0 Å². The quantitative estimate of drug-likeness (QED) is 0.131. The normalized spacial score (nSPS) is 13.2. The molecule has 0 aromatic rings. The molecule has 0 aliphatic carbocycles. The van der Waals surface area contributed by atoms with Gasteiger partial charge in [0.05, 0.1) is 25.7 Å². The lowest BCUT2D eigenvalue weighted by molar-refractivity contribution is -0.170. The molecule has 0 saturated carbocycles. The number of ether oxygens (including phenoxy) is 4. The van der Waals surface area contributed by atoms with Crippen LogP contribution in [-0.2, 0) is 38.1 Å². The molecule has 0 heterocycles. The zero-order valence-electron chi connectivity index (χ0n) is 24.1. The Hall–Kier alpha value is -3.44. The van der Waals surface area contributed by atoms with E-state index in [1.807, 2.05) is 0 Å². The van der Waals surface area contributed by atoms with Gasteiger partial charge in [0.25, 0.3) is 0 Å². The van der Waals surface area contributed by atoms with E-state index in [-0.39, 0.29) is 65.0 Å². The number of esters is 4. The number of hydrogen-bond acceptors (Lipinski definition) is 12. The molecule has 0 aromatic heterocycles. The average molecular weight is 553 g/mol. The Kier molecular flexibility index (Phi) is 17.9. The lowest BCUT2D eigenvalue weighted by Crippen LogP contribution is -2.44. The highest BCUT2D eigenvalue weighted by Gasteiger charge is 2.38. The third-order valence-corrected chi connectivity index (χ3v) is 5.71. The van der Waals surface area contributed by atoms with Gasteiger partial charge in [-0.15, -0.1) is 0 Å². The minimum absolute atomic E-state index is 0.0331. The molecular formula is C27H44N4O8. The molecule has 2 N–H and O–H groups in total. The van der Waals surface area contributed by atoms with Crippen molar-refractivity contribution in [2.75, 3.05) is 40.5 Å². The van der Waals surface area contributed by atoms with Crippen molar-refractivity contribution in [2.45, 2.75) is 79.1 Å². The van der Waals surface area contributed by atoms with Gasteiger partial charge in [-0.05, 0) is 53.4 Å². The number of carbonyl (C=O) groups excluding carboxylic acids is 4. The molecule has 0 bridgehead atoms. The molecule has 0 atom stereocenters. The molecule has 0 aliphatic rings. The SMILES string of the molecule is CN=C(C)CCC(=O)OCC(COC(=O)CCC(C)=N)(COC(=O)CCC(C)=N)COC(=O)CCC(C)=NC. The molecule has 0 spiro atoms. The number of hydrogen-bond donors (Lipinski definition) is 2. The van der Waals surface area contributed by atoms with Gasteiger partial charge in [-0.3, -0.25) is 29.2 Å². The van der Waals surface area contributed by atoms with Gasteiger partial charge in [0.1, 0.15) is 31.8 Å². The van der Waals surface area contributed by atoms with Crippen molar-refractivity contribution >= 4 is 46.7 Å². The summed E-state index contributed by atoms with van der Waals surface area (Å²) >= 11 is 0. The van der Waals surface area contributed by atoms with Crippen molar-refractivity contribution < 1.29 is 38.1 Å². The summed E-state index contributed by atoms with van der Waals surface area (Å²) in [6, 6.07) is 0. The molecule has 220 valence electrons. The minimum Gasteiger partial charge on any atom is -0.465 e. The van der Waals surface area contributed by atoms with E-state index < -0.39 is 29.3 Å². The number of aliphatic imine (C=N–C) groups is 2. The molecule has 0 saturated heterocycles. The molecule has 0 aromatic carbocycles. The zero-order valence-corrected chi connectivity index (χ0v) is 24.1. The average Bonchev–Trinajstić information content (AvgIpc) is 2.91. The molecular weight excluding hydrogens is 508 g/mol. The number of rotatable bonds is 20. The Bertz CT molecular complexity index is 853. The van der Waals surface area contributed by atoms with E-state index in [1.165, 1.54) is 0 Å². The highest BCUT2D eigenvalue weighted by Crippen LogP contribution is 2.23. The van der Waals surface area contributed by atoms with E-state index in [0.29, 0.717) is 24.3 Å². The molecule has 39 heavy (non-hydrogen) atoms. The lowest BCUT2D eigenvalue weighted by Gasteiger charge is -2.31. The molecule has 0 unspecified atom stereocenters. The second kappa shape index (κ2) is 19.6. The van der Waals surface area contributed by atoms with Gasteiger partial charge >= 0.3 is 23.9 Å². The number of nitrogens with one attached hydrogen (secondary N) is 2. The zero-order chi connectivity index (χ0) is 29.8. The summed E-state index contributed by atoms with van der Waals surface area (Å²) in [5.74, 6) is -2.28. The standard InChI is InChI=1S/C27H44N4O8/c1-19(28)7-11-23(32)36-15-27(16-37-24(33)12-8-20(2)29,17-38-25(34)13-9-21(3)30-5)18-39-26(35)14-10-22(4)31-6/h28-29H,7-18H2,1-6H3. The van der Waals surface area contributed by atoms with Crippen molar-refractivity contribution in [1.29, 1.82) is 10.8 Å². The molecule has 0 aliphatic heterocycles. The van der Waals surface area contributed by atoms with Crippen molar-refractivity contribution in [1.82, 2.24) is 0 Å². The summed E-state index contributed by atoms with van der Waals surface area (Å²) < 4.78 is 21.7. The van der Waals surface area contributed by atoms with E-state index in [4.69, 9.17) is 29.8 Å². The summed E-state index contributed by atoms with van der Waals surface area (Å²) in [4.78, 5) is 57.5. The summed E-state index contributed by atoms with van der Waals surface area (Å²) in [6.45, 7) is 5.31. The van der Waals surface area contributed by atoms with Gasteiger partial charge in [-0.25, -0.2) is 0 Å². The summed E-state index contributed by atoms with van der Waals surface area (Å²) in [5.41, 5.74) is 0.798. The molecule has 0 amide bonds. The van der Waals surface area contributed by atoms with Gasteiger partial charge < -0.3 is 29.8 Å². The second-order valence-corrected chi connectivity index (χ2v) is 9.62. The second-order valence-electron chi connectivity index (χ2n) is 9.62. The lowest BCUT2D eigenvalue weighted by atomic mass is 9.92. The van der Waals surface area contributed by atoms with Crippen LogP contribution in [0, 0.1) is 16.2 Å². The van der Waals surface area contributed by atoms with Crippen LogP contribution < -0.4 is 0 Å². The molecule has 12 nitrogen and oxygen atoms in total. The smallest absolute Gasteiger partial charge is 0.306 e. The minimum atomic E-state index is -1.36.